The summed E-state index contributed by atoms with van der Waals surface area (Å²) in [5.74, 6) is 1.72. The number of fused-ring (bicyclic) bond motifs is 2. The number of nitrogens with one attached hydrogen (secondary N) is 2. The standard InChI is InChI=1S/C14H18N4O/c19-18-5-3-11(4-6-18)13-16-9-14(17-13)7-10-1-2-12(14)15-8-10/h3-6,10,12,15H,1-2,7-9H2,(H,16,17). The molecule has 2 bridgehead atoms. The van der Waals surface area contributed by atoms with Crippen molar-refractivity contribution in [2.75, 3.05) is 13.1 Å². The van der Waals surface area contributed by atoms with Crippen LogP contribution in [0.2, 0.25) is 0 Å². The molecule has 0 aromatic carbocycles. The fourth-order valence-corrected chi connectivity index (χ4v) is 3.80. The van der Waals surface area contributed by atoms with Crippen LogP contribution >= 0.6 is 0 Å². The Labute approximate surface area is 112 Å². The van der Waals surface area contributed by atoms with E-state index in [2.05, 4.69) is 15.6 Å². The van der Waals surface area contributed by atoms with Crippen LogP contribution in [0.25, 0.3) is 0 Å². The number of piperidine rings is 2. The molecule has 3 aliphatic heterocycles. The highest BCUT2D eigenvalue weighted by Crippen LogP contribution is 2.38. The van der Waals surface area contributed by atoms with E-state index in [0.29, 0.717) is 6.04 Å². The molecule has 5 rings (SSSR count). The summed E-state index contributed by atoms with van der Waals surface area (Å²) < 4.78 is 0.804. The molecule has 4 aliphatic rings. The quantitative estimate of drug-likeness (QED) is 0.558. The molecule has 0 radical (unpaired) electrons. The highest BCUT2D eigenvalue weighted by molar-refractivity contribution is 6.00. The fraction of sp³-hybridized carbons (Fsp3) is 0.571. The zero-order valence-corrected chi connectivity index (χ0v) is 10.8. The Morgan fingerprint density at radius 2 is 2.16 bits per heavy atom. The minimum absolute atomic E-state index is 0.111. The van der Waals surface area contributed by atoms with Gasteiger partial charge in [0.25, 0.3) is 0 Å². The van der Waals surface area contributed by atoms with Crippen LogP contribution in [0.4, 0.5) is 0 Å². The van der Waals surface area contributed by atoms with E-state index in [0.717, 1.165) is 35.1 Å². The van der Waals surface area contributed by atoms with Gasteiger partial charge in [-0.1, -0.05) is 0 Å². The number of aromatic nitrogens is 1. The number of rotatable bonds is 1. The highest BCUT2D eigenvalue weighted by Gasteiger charge is 2.49. The van der Waals surface area contributed by atoms with E-state index in [1.54, 1.807) is 0 Å². The van der Waals surface area contributed by atoms with E-state index in [1.165, 1.54) is 31.7 Å². The molecule has 1 spiro atoms. The zero-order chi connectivity index (χ0) is 12.9. The third-order valence-corrected chi connectivity index (χ3v) is 4.80. The topological polar surface area (TPSA) is 63.4 Å². The van der Waals surface area contributed by atoms with Gasteiger partial charge in [0.15, 0.2) is 12.4 Å². The molecule has 3 unspecified atom stereocenters. The Balaban J connectivity index is 1.57. The molecule has 0 amide bonds. The summed E-state index contributed by atoms with van der Waals surface area (Å²) in [6.07, 6.45) is 6.85. The Bertz CT molecular complexity index is 519. The molecule has 5 heteroatoms. The molecule has 1 saturated carbocycles. The summed E-state index contributed by atoms with van der Waals surface area (Å²) >= 11 is 0. The molecular weight excluding hydrogens is 240 g/mol. The third-order valence-electron chi connectivity index (χ3n) is 4.80. The average molecular weight is 258 g/mol. The molecule has 1 aromatic rings. The summed E-state index contributed by atoms with van der Waals surface area (Å²) in [7, 11) is 0. The number of hydrogen-bond donors (Lipinski definition) is 2. The molecule has 3 fully saturated rings. The van der Waals surface area contributed by atoms with Crippen molar-refractivity contribution >= 4 is 5.84 Å². The largest absolute Gasteiger partial charge is 0.619 e. The minimum atomic E-state index is 0.111. The molecule has 4 heterocycles. The van der Waals surface area contributed by atoms with Gasteiger partial charge in [0.05, 0.1) is 12.1 Å². The van der Waals surface area contributed by atoms with Crippen molar-refractivity contribution in [2.45, 2.75) is 30.8 Å². The maximum Gasteiger partial charge on any atom is 0.181 e. The van der Waals surface area contributed by atoms with Crippen molar-refractivity contribution in [2.24, 2.45) is 10.9 Å². The Hall–Kier alpha value is -1.62. The average Bonchev–Trinajstić information content (AvgIpc) is 2.85. The minimum Gasteiger partial charge on any atom is -0.619 e. The predicted octanol–water partition coefficient (Wildman–Crippen LogP) is 0.181. The van der Waals surface area contributed by atoms with E-state index in [-0.39, 0.29) is 5.54 Å². The third kappa shape index (κ3) is 1.72. The smallest absolute Gasteiger partial charge is 0.181 e. The Kier molecular flexibility index (Phi) is 2.33. The molecule has 1 aromatic heterocycles. The molecule has 5 nitrogen and oxygen atoms in total. The van der Waals surface area contributed by atoms with Crippen molar-refractivity contribution in [1.29, 1.82) is 0 Å². The maximum absolute atomic E-state index is 11.1. The van der Waals surface area contributed by atoms with Gasteiger partial charge in [-0.3, -0.25) is 4.99 Å². The summed E-state index contributed by atoms with van der Waals surface area (Å²) in [5.41, 5.74) is 1.12. The van der Waals surface area contributed by atoms with Crippen molar-refractivity contribution in [3.05, 3.63) is 35.3 Å². The lowest BCUT2D eigenvalue weighted by Gasteiger charge is -2.50. The van der Waals surface area contributed by atoms with Crippen LogP contribution in [0.3, 0.4) is 0 Å². The highest BCUT2D eigenvalue weighted by atomic mass is 16.5. The van der Waals surface area contributed by atoms with Crippen LogP contribution in [0.15, 0.2) is 29.5 Å². The first-order chi connectivity index (χ1) is 9.25. The predicted molar refractivity (Wildman–Crippen MR) is 71.8 cm³/mol. The second kappa shape index (κ2) is 3.93. The van der Waals surface area contributed by atoms with Crippen LogP contribution in [0.1, 0.15) is 24.8 Å². The van der Waals surface area contributed by atoms with Crippen LogP contribution in [0, 0.1) is 11.1 Å². The van der Waals surface area contributed by atoms with Gasteiger partial charge < -0.3 is 15.8 Å². The second-order valence-corrected chi connectivity index (χ2v) is 6.00. The number of pyridine rings is 1. The summed E-state index contributed by atoms with van der Waals surface area (Å²) in [5, 5.41) is 18.4. The van der Waals surface area contributed by atoms with Gasteiger partial charge in [-0.25, -0.2) is 0 Å². The summed E-state index contributed by atoms with van der Waals surface area (Å²) in [6, 6.07) is 4.19. The van der Waals surface area contributed by atoms with Gasteiger partial charge >= 0.3 is 0 Å². The SMILES string of the molecule is [O-][n+]1ccc(C2=NCC3(CC4CCC3NC4)N2)cc1. The molecule has 2 N–H and O–H groups in total. The zero-order valence-electron chi connectivity index (χ0n) is 10.8. The van der Waals surface area contributed by atoms with Gasteiger partial charge in [0.2, 0.25) is 0 Å². The molecule has 100 valence electrons. The van der Waals surface area contributed by atoms with Gasteiger partial charge in [-0.05, 0) is 31.7 Å². The lowest BCUT2D eigenvalue weighted by molar-refractivity contribution is -0.605. The number of amidine groups is 1. The normalized spacial score (nSPS) is 36.3. The first kappa shape index (κ1) is 11.2. The van der Waals surface area contributed by atoms with Gasteiger partial charge in [-0.2, -0.15) is 4.73 Å². The first-order valence-corrected chi connectivity index (χ1v) is 7.00. The van der Waals surface area contributed by atoms with Gasteiger partial charge in [-0.15, -0.1) is 0 Å². The van der Waals surface area contributed by atoms with Crippen molar-refractivity contribution in [1.82, 2.24) is 10.6 Å². The van der Waals surface area contributed by atoms with E-state index < -0.39 is 0 Å². The van der Waals surface area contributed by atoms with Crippen molar-refractivity contribution < 1.29 is 4.73 Å². The van der Waals surface area contributed by atoms with E-state index in [9.17, 15) is 5.21 Å². The number of aliphatic imine (C=N–C) groups is 1. The van der Waals surface area contributed by atoms with E-state index in [1.807, 2.05) is 12.1 Å². The first-order valence-electron chi connectivity index (χ1n) is 7.00. The van der Waals surface area contributed by atoms with Crippen molar-refractivity contribution in [3.63, 3.8) is 0 Å². The van der Waals surface area contributed by atoms with Crippen LogP contribution in [-0.2, 0) is 0 Å². The lowest BCUT2D eigenvalue weighted by atomic mass is 9.69. The Morgan fingerprint density at radius 3 is 2.79 bits per heavy atom. The molecular formula is C14H18N4O. The molecule has 3 atom stereocenters. The Morgan fingerprint density at radius 1 is 1.32 bits per heavy atom. The van der Waals surface area contributed by atoms with Crippen molar-refractivity contribution in [3.8, 4) is 0 Å². The second-order valence-electron chi connectivity index (χ2n) is 6.00. The van der Waals surface area contributed by atoms with Crippen LogP contribution in [0.5, 0.6) is 0 Å². The fourth-order valence-electron chi connectivity index (χ4n) is 3.80. The number of nitrogens with zero attached hydrogens (tertiary/aromatic N) is 2. The maximum atomic E-state index is 11.1. The summed E-state index contributed by atoms with van der Waals surface area (Å²) in [6.45, 7) is 2.01. The van der Waals surface area contributed by atoms with Crippen LogP contribution < -0.4 is 15.4 Å². The molecule has 19 heavy (non-hydrogen) atoms. The van der Waals surface area contributed by atoms with Crippen LogP contribution in [-0.4, -0.2) is 30.5 Å². The molecule has 2 saturated heterocycles. The monoisotopic (exact) mass is 258 g/mol. The summed E-state index contributed by atoms with van der Waals surface area (Å²) in [4.78, 5) is 4.69. The lowest BCUT2D eigenvalue weighted by Crippen LogP contribution is -2.68. The van der Waals surface area contributed by atoms with Gasteiger partial charge in [0.1, 0.15) is 5.84 Å². The van der Waals surface area contributed by atoms with Gasteiger partial charge in [0, 0.05) is 23.7 Å². The van der Waals surface area contributed by atoms with E-state index in [4.69, 9.17) is 0 Å². The van der Waals surface area contributed by atoms with E-state index >= 15 is 0 Å². The number of hydrogen-bond acceptors (Lipinski definition) is 4. The molecule has 1 aliphatic carbocycles.